The van der Waals surface area contributed by atoms with Crippen LogP contribution in [0.5, 0.6) is 0 Å². The van der Waals surface area contributed by atoms with Crippen LogP contribution < -0.4 is 0 Å². The molecule has 4 nitrogen and oxygen atoms in total. The molecule has 2 heterocycles. The highest BCUT2D eigenvalue weighted by Crippen LogP contribution is 2.38. The first-order chi connectivity index (χ1) is 11.2. The Labute approximate surface area is 135 Å². The minimum atomic E-state index is -0.528. The van der Waals surface area contributed by atoms with E-state index in [2.05, 4.69) is 23.1 Å². The zero-order valence-corrected chi connectivity index (χ0v) is 13.0. The van der Waals surface area contributed by atoms with Gasteiger partial charge in [0.1, 0.15) is 0 Å². The van der Waals surface area contributed by atoms with Gasteiger partial charge in [0.25, 0.3) is 0 Å². The van der Waals surface area contributed by atoms with Crippen molar-refractivity contribution in [1.82, 2.24) is 4.90 Å². The quantitative estimate of drug-likeness (QED) is 0.632. The summed E-state index contributed by atoms with van der Waals surface area (Å²) < 4.78 is 0. The highest BCUT2D eigenvalue weighted by Gasteiger charge is 2.47. The van der Waals surface area contributed by atoms with Gasteiger partial charge in [-0.1, -0.05) is 54.6 Å². The molecule has 2 aromatic carbocycles. The third kappa shape index (κ3) is 2.53. The standard InChI is InChI=1S/C19H20N2O2/c22-21(23)19-17(14-6-2-1-3-7-14)10-11-20-13-16-9-5-4-8-15(16)12-18(19)20/h1-9,17-19H,10-13H2/t17-,18+,19-/m0/s1. The molecule has 1 saturated heterocycles. The van der Waals surface area contributed by atoms with E-state index in [9.17, 15) is 10.1 Å². The monoisotopic (exact) mass is 308 g/mol. The zero-order valence-electron chi connectivity index (χ0n) is 13.0. The molecule has 0 N–H and O–H groups in total. The molecule has 0 bridgehead atoms. The van der Waals surface area contributed by atoms with E-state index in [4.69, 9.17) is 0 Å². The first-order valence-corrected chi connectivity index (χ1v) is 8.23. The van der Waals surface area contributed by atoms with E-state index in [-0.39, 0.29) is 16.9 Å². The summed E-state index contributed by atoms with van der Waals surface area (Å²) in [5.41, 5.74) is 3.70. The molecule has 2 aliphatic rings. The van der Waals surface area contributed by atoms with Crippen molar-refractivity contribution >= 4 is 0 Å². The van der Waals surface area contributed by atoms with Gasteiger partial charge < -0.3 is 0 Å². The van der Waals surface area contributed by atoms with Crippen LogP contribution in [-0.4, -0.2) is 28.5 Å². The minimum absolute atomic E-state index is 0.00106. The van der Waals surface area contributed by atoms with Gasteiger partial charge in [-0.3, -0.25) is 15.0 Å². The molecule has 1 fully saturated rings. The molecule has 0 unspecified atom stereocenters. The Morgan fingerprint density at radius 1 is 1.00 bits per heavy atom. The minimum Gasteiger partial charge on any atom is -0.289 e. The molecule has 2 aliphatic heterocycles. The topological polar surface area (TPSA) is 46.4 Å². The molecule has 0 aromatic heterocycles. The fraction of sp³-hybridized carbons (Fsp3) is 0.368. The summed E-state index contributed by atoms with van der Waals surface area (Å²) in [5, 5.41) is 11.9. The predicted octanol–water partition coefficient (Wildman–Crippen LogP) is 3.25. The molecule has 118 valence electrons. The number of fused-ring (bicyclic) bond motifs is 2. The SMILES string of the molecule is O=[N+]([O-])[C@@H]1[C@H]2Cc3ccccc3CN2CC[C@H]1c1ccccc1. The lowest BCUT2D eigenvalue weighted by Crippen LogP contribution is -2.56. The smallest absolute Gasteiger partial charge is 0.235 e. The Hall–Kier alpha value is -2.20. The first-order valence-electron chi connectivity index (χ1n) is 8.23. The molecule has 0 radical (unpaired) electrons. The normalized spacial score (nSPS) is 27.0. The van der Waals surface area contributed by atoms with Gasteiger partial charge in [0, 0.05) is 11.5 Å². The third-order valence-corrected chi connectivity index (χ3v) is 5.39. The van der Waals surface area contributed by atoms with Crippen molar-refractivity contribution in [3.05, 3.63) is 81.4 Å². The Morgan fingerprint density at radius 3 is 2.43 bits per heavy atom. The third-order valence-electron chi connectivity index (χ3n) is 5.39. The first kappa shape index (κ1) is 14.4. The molecule has 4 rings (SSSR count). The average Bonchev–Trinajstić information content (AvgIpc) is 2.59. The molecule has 2 aromatic rings. The highest BCUT2D eigenvalue weighted by atomic mass is 16.6. The summed E-state index contributed by atoms with van der Waals surface area (Å²) in [7, 11) is 0. The van der Waals surface area contributed by atoms with E-state index in [1.165, 1.54) is 11.1 Å². The summed E-state index contributed by atoms with van der Waals surface area (Å²) in [6.07, 6.45) is 1.64. The van der Waals surface area contributed by atoms with Gasteiger partial charge >= 0.3 is 0 Å². The van der Waals surface area contributed by atoms with Crippen molar-refractivity contribution in [2.45, 2.75) is 37.4 Å². The number of piperidine rings is 1. The maximum Gasteiger partial charge on any atom is 0.235 e. The number of rotatable bonds is 2. The lowest BCUT2D eigenvalue weighted by atomic mass is 9.77. The van der Waals surface area contributed by atoms with E-state index in [1.807, 2.05) is 36.4 Å². The predicted molar refractivity (Wildman–Crippen MR) is 88.9 cm³/mol. The van der Waals surface area contributed by atoms with E-state index in [1.54, 1.807) is 0 Å². The molecule has 0 aliphatic carbocycles. The molecular formula is C19H20N2O2. The molecule has 0 amide bonds. The van der Waals surface area contributed by atoms with Crippen LogP contribution in [0.3, 0.4) is 0 Å². The van der Waals surface area contributed by atoms with Gasteiger partial charge in [-0.05, 0) is 36.1 Å². The maximum absolute atomic E-state index is 11.9. The van der Waals surface area contributed by atoms with Crippen LogP contribution in [0, 0.1) is 10.1 Å². The number of nitrogens with zero attached hydrogens (tertiary/aromatic N) is 2. The van der Waals surface area contributed by atoms with Crippen molar-refractivity contribution in [1.29, 1.82) is 0 Å². The molecule has 23 heavy (non-hydrogen) atoms. The van der Waals surface area contributed by atoms with Crippen LogP contribution in [0.4, 0.5) is 0 Å². The molecule has 0 spiro atoms. The molecular weight excluding hydrogens is 288 g/mol. The second kappa shape index (κ2) is 5.78. The van der Waals surface area contributed by atoms with Crippen LogP contribution >= 0.6 is 0 Å². The van der Waals surface area contributed by atoms with Crippen molar-refractivity contribution < 1.29 is 4.92 Å². The average molecular weight is 308 g/mol. The van der Waals surface area contributed by atoms with Crippen molar-refractivity contribution in [2.75, 3.05) is 6.54 Å². The second-order valence-corrected chi connectivity index (χ2v) is 6.59. The van der Waals surface area contributed by atoms with Crippen LogP contribution in [0.1, 0.15) is 29.0 Å². The summed E-state index contributed by atoms with van der Waals surface area (Å²) in [6.45, 7) is 1.77. The van der Waals surface area contributed by atoms with Gasteiger partial charge in [-0.2, -0.15) is 0 Å². The van der Waals surface area contributed by atoms with E-state index < -0.39 is 6.04 Å². The Morgan fingerprint density at radius 2 is 1.70 bits per heavy atom. The fourth-order valence-corrected chi connectivity index (χ4v) is 4.28. The van der Waals surface area contributed by atoms with E-state index in [0.29, 0.717) is 0 Å². The van der Waals surface area contributed by atoms with Gasteiger partial charge in [0.15, 0.2) is 0 Å². The van der Waals surface area contributed by atoms with E-state index in [0.717, 1.165) is 31.5 Å². The lowest BCUT2D eigenvalue weighted by Gasteiger charge is -2.44. The molecule has 3 atom stereocenters. The summed E-state index contributed by atoms with van der Waals surface area (Å²) in [4.78, 5) is 14.2. The maximum atomic E-state index is 11.9. The van der Waals surface area contributed by atoms with E-state index >= 15 is 0 Å². The fourth-order valence-electron chi connectivity index (χ4n) is 4.28. The largest absolute Gasteiger partial charge is 0.289 e. The van der Waals surface area contributed by atoms with Gasteiger partial charge in [-0.15, -0.1) is 0 Å². The van der Waals surface area contributed by atoms with Crippen molar-refractivity contribution in [3.63, 3.8) is 0 Å². The Bertz CT molecular complexity index is 716. The zero-order chi connectivity index (χ0) is 15.8. The van der Waals surface area contributed by atoms with Crippen LogP contribution in [-0.2, 0) is 13.0 Å². The number of nitro groups is 1. The Kier molecular flexibility index (Phi) is 3.62. The van der Waals surface area contributed by atoms with Gasteiger partial charge in [0.05, 0.1) is 12.0 Å². The lowest BCUT2D eigenvalue weighted by molar-refractivity contribution is -0.538. The molecule has 4 heteroatoms. The summed E-state index contributed by atoms with van der Waals surface area (Å²) in [5.74, 6) is 0.0118. The van der Waals surface area contributed by atoms with Crippen LogP contribution in [0.15, 0.2) is 54.6 Å². The van der Waals surface area contributed by atoms with Crippen molar-refractivity contribution in [2.24, 2.45) is 0 Å². The second-order valence-electron chi connectivity index (χ2n) is 6.59. The number of hydrogen-bond acceptors (Lipinski definition) is 3. The van der Waals surface area contributed by atoms with Crippen LogP contribution in [0.25, 0.3) is 0 Å². The number of hydrogen-bond donors (Lipinski definition) is 0. The Balaban J connectivity index is 1.69. The highest BCUT2D eigenvalue weighted by molar-refractivity contribution is 5.32. The van der Waals surface area contributed by atoms with Gasteiger partial charge in [-0.25, -0.2) is 0 Å². The summed E-state index contributed by atoms with van der Waals surface area (Å²) >= 11 is 0. The van der Waals surface area contributed by atoms with Crippen molar-refractivity contribution in [3.8, 4) is 0 Å². The van der Waals surface area contributed by atoms with Crippen LogP contribution in [0.2, 0.25) is 0 Å². The molecule has 0 saturated carbocycles. The number of benzene rings is 2. The van der Waals surface area contributed by atoms with Gasteiger partial charge in [0.2, 0.25) is 6.04 Å². The summed E-state index contributed by atoms with van der Waals surface area (Å²) in [6, 6.07) is 17.8.